The standard InChI is InChI=1S/C17H33NSi/c1-15(2)13-19-14-18(16-9-5-3-6-10-16)17-11-7-4-8-12-17/h13,16-17H,3-12,14,19H2,1-2H3. The van der Waals surface area contributed by atoms with Crippen LogP contribution in [0, 0.1) is 0 Å². The molecule has 0 atom stereocenters. The Kier molecular flexibility index (Phi) is 6.65. The van der Waals surface area contributed by atoms with Gasteiger partial charge in [0, 0.05) is 12.1 Å². The van der Waals surface area contributed by atoms with Gasteiger partial charge >= 0.3 is 0 Å². The van der Waals surface area contributed by atoms with Crippen LogP contribution in [0.15, 0.2) is 11.3 Å². The highest BCUT2D eigenvalue weighted by Crippen LogP contribution is 2.29. The second-order valence-corrected chi connectivity index (χ2v) is 8.32. The lowest BCUT2D eigenvalue weighted by Gasteiger charge is -2.41. The molecule has 0 amide bonds. The SMILES string of the molecule is CC(C)=C[SiH2]CN(C1CCCCC1)C1CCCCC1. The van der Waals surface area contributed by atoms with E-state index >= 15 is 0 Å². The van der Waals surface area contributed by atoms with Gasteiger partial charge in [-0.1, -0.05) is 44.1 Å². The van der Waals surface area contributed by atoms with E-state index in [2.05, 4.69) is 24.4 Å². The molecule has 0 unspecified atom stereocenters. The molecule has 0 radical (unpaired) electrons. The molecule has 2 aliphatic rings. The van der Waals surface area contributed by atoms with Crippen molar-refractivity contribution in [2.24, 2.45) is 0 Å². The fourth-order valence-corrected chi connectivity index (χ4v) is 5.73. The predicted octanol–water partition coefficient (Wildman–Crippen LogP) is 4.00. The number of hydrogen-bond acceptors (Lipinski definition) is 1. The second kappa shape index (κ2) is 8.26. The molecule has 0 aromatic rings. The zero-order valence-corrected chi connectivity index (χ0v) is 14.6. The van der Waals surface area contributed by atoms with Crippen molar-refractivity contribution in [2.45, 2.75) is 90.1 Å². The third kappa shape index (κ3) is 5.07. The minimum Gasteiger partial charge on any atom is -0.300 e. The van der Waals surface area contributed by atoms with Gasteiger partial charge in [0.1, 0.15) is 0 Å². The lowest BCUT2D eigenvalue weighted by molar-refractivity contribution is 0.101. The van der Waals surface area contributed by atoms with Crippen molar-refractivity contribution in [3.8, 4) is 0 Å². The molecule has 2 heteroatoms. The summed E-state index contributed by atoms with van der Waals surface area (Å²) in [5, 5.41) is 0. The fraction of sp³-hybridized carbons (Fsp3) is 0.882. The van der Waals surface area contributed by atoms with Crippen molar-refractivity contribution >= 4 is 9.52 Å². The molecule has 1 nitrogen and oxygen atoms in total. The summed E-state index contributed by atoms with van der Waals surface area (Å²) in [4.78, 5) is 2.98. The minimum absolute atomic E-state index is 0.00971. The lowest BCUT2D eigenvalue weighted by atomic mass is 9.89. The molecule has 0 N–H and O–H groups in total. The van der Waals surface area contributed by atoms with E-state index in [0.29, 0.717) is 0 Å². The fourth-order valence-electron chi connectivity index (χ4n) is 3.99. The predicted molar refractivity (Wildman–Crippen MR) is 88.4 cm³/mol. The van der Waals surface area contributed by atoms with E-state index in [0.717, 1.165) is 12.1 Å². The molecule has 2 rings (SSSR count). The van der Waals surface area contributed by atoms with Crippen LogP contribution in [0.25, 0.3) is 0 Å². The smallest absolute Gasteiger partial charge is 0.0612 e. The van der Waals surface area contributed by atoms with Gasteiger partial charge in [-0.2, -0.15) is 0 Å². The summed E-state index contributed by atoms with van der Waals surface area (Å²) in [6, 6.07) is 1.88. The van der Waals surface area contributed by atoms with Crippen LogP contribution >= 0.6 is 0 Å². The summed E-state index contributed by atoms with van der Waals surface area (Å²) in [7, 11) is -0.00971. The maximum Gasteiger partial charge on any atom is 0.0612 e. The average molecular weight is 280 g/mol. The van der Waals surface area contributed by atoms with Gasteiger partial charge in [0.05, 0.1) is 9.52 Å². The highest BCUT2D eigenvalue weighted by Gasteiger charge is 2.27. The maximum absolute atomic E-state index is 2.98. The molecular formula is C17H33NSi. The van der Waals surface area contributed by atoms with Gasteiger partial charge in [-0.25, -0.2) is 0 Å². The van der Waals surface area contributed by atoms with E-state index in [1.807, 2.05) is 0 Å². The normalized spacial score (nSPS) is 23.3. The zero-order chi connectivity index (χ0) is 13.5. The van der Waals surface area contributed by atoms with E-state index in [4.69, 9.17) is 0 Å². The first kappa shape index (κ1) is 15.3. The van der Waals surface area contributed by atoms with Crippen molar-refractivity contribution in [1.29, 1.82) is 0 Å². The van der Waals surface area contributed by atoms with Crippen LogP contribution in [0.1, 0.15) is 78.1 Å². The zero-order valence-electron chi connectivity index (χ0n) is 13.2. The van der Waals surface area contributed by atoms with Gasteiger partial charge in [-0.05, 0) is 45.7 Å². The Morgan fingerprint density at radius 3 is 1.79 bits per heavy atom. The first-order valence-corrected chi connectivity index (χ1v) is 10.5. The van der Waals surface area contributed by atoms with Crippen LogP contribution in [0.4, 0.5) is 0 Å². The van der Waals surface area contributed by atoms with Gasteiger partial charge in [0.25, 0.3) is 0 Å². The third-order valence-electron chi connectivity index (χ3n) is 5.03. The Morgan fingerprint density at radius 2 is 1.37 bits per heavy atom. The lowest BCUT2D eigenvalue weighted by Crippen LogP contribution is -2.47. The van der Waals surface area contributed by atoms with Gasteiger partial charge < -0.3 is 4.90 Å². The van der Waals surface area contributed by atoms with Crippen molar-refractivity contribution in [1.82, 2.24) is 4.90 Å². The molecule has 2 aliphatic carbocycles. The van der Waals surface area contributed by atoms with Gasteiger partial charge in [-0.3, -0.25) is 0 Å². The Hall–Kier alpha value is -0.0831. The Labute approximate surface area is 122 Å². The van der Waals surface area contributed by atoms with Crippen molar-refractivity contribution in [2.75, 3.05) is 6.17 Å². The highest BCUT2D eigenvalue weighted by molar-refractivity contribution is 6.42. The van der Waals surface area contributed by atoms with Gasteiger partial charge in [-0.15, -0.1) is 5.70 Å². The Morgan fingerprint density at radius 1 is 0.895 bits per heavy atom. The summed E-state index contributed by atoms with van der Waals surface area (Å²) >= 11 is 0. The van der Waals surface area contributed by atoms with Crippen LogP contribution in [0.2, 0.25) is 0 Å². The molecule has 0 aromatic carbocycles. The topological polar surface area (TPSA) is 3.24 Å². The number of nitrogens with zero attached hydrogens (tertiary/aromatic N) is 1. The minimum atomic E-state index is -0.00971. The molecule has 0 bridgehead atoms. The molecular weight excluding hydrogens is 246 g/mol. The molecule has 2 fully saturated rings. The highest BCUT2D eigenvalue weighted by atomic mass is 28.2. The summed E-state index contributed by atoms with van der Waals surface area (Å²) in [5.74, 6) is 0. The van der Waals surface area contributed by atoms with Crippen LogP contribution in [0.5, 0.6) is 0 Å². The van der Waals surface area contributed by atoms with Crippen LogP contribution in [0.3, 0.4) is 0 Å². The Balaban J connectivity index is 1.92. The van der Waals surface area contributed by atoms with Crippen LogP contribution in [-0.4, -0.2) is 32.7 Å². The number of allylic oxidation sites excluding steroid dienone is 1. The quantitative estimate of drug-likeness (QED) is 0.688. The van der Waals surface area contributed by atoms with Crippen molar-refractivity contribution in [3.05, 3.63) is 11.3 Å². The molecule has 0 heterocycles. The van der Waals surface area contributed by atoms with E-state index < -0.39 is 0 Å². The van der Waals surface area contributed by atoms with Crippen LogP contribution < -0.4 is 0 Å². The van der Waals surface area contributed by atoms with E-state index in [-0.39, 0.29) is 9.52 Å². The molecule has 0 saturated heterocycles. The molecule has 0 aliphatic heterocycles. The second-order valence-electron chi connectivity index (χ2n) is 6.89. The summed E-state index contributed by atoms with van der Waals surface area (Å²) < 4.78 is 0. The molecule has 0 spiro atoms. The van der Waals surface area contributed by atoms with Gasteiger partial charge in [0.2, 0.25) is 0 Å². The summed E-state index contributed by atoms with van der Waals surface area (Å²) in [5.41, 5.74) is 4.11. The van der Waals surface area contributed by atoms with E-state index in [1.54, 1.807) is 5.57 Å². The first-order chi connectivity index (χ1) is 9.27. The number of hydrogen-bond donors (Lipinski definition) is 0. The van der Waals surface area contributed by atoms with E-state index in [9.17, 15) is 0 Å². The van der Waals surface area contributed by atoms with E-state index in [1.165, 1.54) is 70.4 Å². The maximum atomic E-state index is 2.98. The summed E-state index contributed by atoms with van der Waals surface area (Å²) in [6.07, 6.45) is 16.3. The van der Waals surface area contributed by atoms with Crippen molar-refractivity contribution in [3.63, 3.8) is 0 Å². The Bertz CT molecular complexity index is 253. The van der Waals surface area contributed by atoms with Crippen LogP contribution in [-0.2, 0) is 0 Å². The monoisotopic (exact) mass is 279 g/mol. The average Bonchev–Trinajstić information content (AvgIpc) is 2.45. The molecule has 0 aromatic heterocycles. The largest absolute Gasteiger partial charge is 0.300 e. The van der Waals surface area contributed by atoms with Gasteiger partial charge in [0.15, 0.2) is 0 Å². The molecule has 2 saturated carbocycles. The molecule has 19 heavy (non-hydrogen) atoms. The third-order valence-corrected chi connectivity index (χ3v) is 6.91. The first-order valence-electron chi connectivity index (χ1n) is 8.66. The van der Waals surface area contributed by atoms with Crippen molar-refractivity contribution < 1.29 is 0 Å². The summed E-state index contributed by atoms with van der Waals surface area (Å²) in [6.45, 7) is 4.52. The molecule has 110 valence electrons. The number of rotatable bonds is 5.